The van der Waals surface area contributed by atoms with Crippen molar-refractivity contribution in [2.75, 3.05) is 26.8 Å². The van der Waals surface area contributed by atoms with E-state index in [0.717, 1.165) is 38.8 Å². The Kier molecular flexibility index (Phi) is 5.27. The van der Waals surface area contributed by atoms with E-state index in [1.54, 1.807) is 14.0 Å². The molecule has 3 rings (SSSR count). The van der Waals surface area contributed by atoms with Crippen LogP contribution in [0.4, 0.5) is 0 Å². The fourth-order valence-corrected chi connectivity index (χ4v) is 3.89. The van der Waals surface area contributed by atoms with Gasteiger partial charge in [0, 0.05) is 39.1 Å². The number of amides is 1. The molecule has 23 heavy (non-hydrogen) atoms. The SMILES string of the molecule is COCCc1noc(CN2CCC[C@H]2[C@@H]2CCCN2C(C)=O)n1. The van der Waals surface area contributed by atoms with Gasteiger partial charge in [-0.05, 0) is 32.2 Å². The van der Waals surface area contributed by atoms with Gasteiger partial charge in [-0.3, -0.25) is 9.69 Å². The molecular weight excluding hydrogens is 296 g/mol. The Labute approximate surface area is 137 Å². The quantitative estimate of drug-likeness (QED) is 0.784. The van der Waals surface area contributed by atoms with E-state index in [1.807, 2.05) is 4.90 Å². The molecule has 0 unspecified atom stereocenters. The minimum absolute atomic E-state index is 0.194. The first-order valence-electron chi connectivity index (χ1n) is 8.50. The monoisotopic (exact) mass is 322 g/mol. The van der Waals surface area contributed by atoms with Crippen molar-refractivity contribution < 1.29 is 14.1 Å². The summed E-state index contributed by atoms with van der Waals surface area (Å²) in [4.78, 5) is 20.7. The Morgan fingerprint density at radius 3 is 2.87 bits per heavy atom. The van der Waals surface area contributed by atoms with Crippen LogP contribution in [-0.2, 0) is 22.5 Å². The van der Waals surface area contributed by atoms with E-state index < -0.39 is 0 Å². The molecule has 0 aliphatic carbocycles. The lowest BCUT2D eigenvalue weighted by molar-refractivity contribution is -0.130. The second kappa shape index (κ2) is 7.40. The molecule has 0 N–H and O–H groups in total. The van der Waals surface area contributed by atoms with Crippen molar-refractivity contribution in [1.82, 2.24) is 19.9 Å². The molecule has 1 aromatic rings. The van der Waals surface area contributed by atoms with Crippen molar-refractivity contribution >= 4 is 5.91 Å². The van der Waals surface area contributed by atoms with E-state index in [1.165, 1.54) is 0 Å². The van der Waals surface area contributed by atoms with E-state index in [-0.39, 0.29) is 5.91 Å². The molecule has 0 bridgehead atoms. The topological polar surface area (TPSA) is 71.7 Å². The Hall–Kier alpha value is -1.47. The molecule has 0 saturated carbocycles. The third kappa shape index (κ3) is 3.72. The molecular formula is C16H26N4O3. The number of likely N-dealkylation sites (tertiary alicyclic amines) is 2. The summed E-state index contributed by atoms with van der Waals surface area (Å²) in [5.74, 6) is 1.55. The molecule has 1 aromatic heterocycles. The van der Waals surface area contributed by atoms with E-state index in [4.69, 9.17) is 9.26 Å². The number of rotatable bonds is 6. The van der Waals surface area contributed by atoms with Gasteiger partial charge < -0.3 is 14.2 Å². The van der Waals surface area contributed by atoms with Gasteiger partial charge in [-0.25, -0.2) is 0 Å². The van der Waals surface area contributed by atoms with Crippen LogP contribution < -0.4 is 0 Å². The fraction of sp³-hybridized carbons (Fsp3) is 0.812. The molecule has 2 aliphatic heterocycles. The van der Waals surface area contributed by atoms with Crippen molar-refractivity contribution in [3.8, 4) is 0 Å². The first-order valence-corrected chi connectivity index (χ1v) is 8.50. The predicted octanol–water partition coefficient (Wildman–Crippen LogP) is 1.23. The molecule has 7 nitrogen and oxygen atoms in total. The third-order valence-corrected chi connectivity index (χ3v) is 4.94. The third-order valence-electron chi connectivity index (χ3n) is 4.94. The Bertz CT molecular complexity index is 533. The van der Waals surface area contributed by atoms with Crippen LogP contribution >= 0.6 is 0 Å². The number of nitrogens with zero attached hydrogens (tertiary/aromatic N) is 4. The Balaban J connectivity index is 1.62. The van der Waals surface area contributed by atoms with Gasteiger partial charge in [0.2, 0.25) is 11.8 Å². The number of ether oxygens (including phenoxy) is 1. The number of hydrogen-bond acceptors (Lipinski definition) is 6. The highest BCUT2D eigenvalue weighted by Crippen LogP contribution is 2.30. The van der Waals surface area contributed by atoms with Gasteiger partial charge in [-0.2, -0.15) is 4.98 Å². The minimum Gasteiger partial charge on any atom is -0.384 e. The van der Waals surface area contributed by atoms with Crippen molar-refractivity contribution in [1.29, 1.82) is 0 Å². The van der Waals surface area contributed by atoms with Crippen LogP contribution in [-0.4, -0.2) is 64.7 Å². The highest BCUT2D eigenvalue weighted by molar-refractivity contribution is 5.74. The first kappa shape index (κ1) is 16.4. The van der Waals surface area contributed by atoms with Gasteiger partial charge in [0.25, 0.3) is 0 Å². The number of methoxy groups -OCH3 is 1. The Morgan fingerprint density at radius 1 is 1.30 bits per heavy atom. The lowest BCUT2D eigenvalue weighted by Gasteiger charge is -2.33. The van der Waals surface area contributed by atoms with Crippen LogP contribution in [0.5, 0.6) is 0 Å². The standard InChI is InChI=1S/C16H26N4O3/c1-12(21)20-9-4-6-14(20)13-5-3-8-19(13)11-16-17-15(18-23-16)7-10-22-2/h13-14H,3-11H2,1-2H3/t13-,14-/m0/s1. The molecule has 3 heterocycles. The summed E-state index contributed by atoms with van der Waals surface area (Å²) >= 11 is 0. The second-order valence-electron chi connectivity index (χ2n) is 6.45. The smallest absolute Gasteiger partial charge is 0.240 e. The average molecular weight is 322 g/mol. The summed E-state index contributed by atoms with van der Waals surface area (Å²) in [5.41, 5.74) is 0. The zero-order valence-electron chi connectivity index (χ0n) is 14.0. The predicted molar refractivity (Wildman–Crippen MR) is 83.7 cm³/mol. The summed E-state index contributed by atoms with van der Waals surface area (Å²) in [6.45, 7) is 4.88. The summed E-state index contributed by atoms with van der Waals surface area (Å²) in [5, 5.41) is 4.00. The van der Waals surface area contributed by atoms with Gasteiger partial charge in [-0.1, -0.05) is 5.16 Å². The maximum absolute atomic E-state index is 11.8. The number of carbonyl (C=O) groups is 1. The molecule has 0 aromatic carbocycles. The van der Waals surface area contributed by atoms with Crippen LogP contribution in [0.25, 0.3) is 0 Å². The highest BCUT2D eigenvalue weighted by Gasteiger charge is 2.39. The maximum atomic E-state index is 11.8. The molecule has 1 amide bonds. The molecule has 2 saturated heterocycles. The normalized spacial score (nSPS) is 25.4. The number of aromatic nitrogens is 2. The van der Waals surface area contributed by atoms with Gasteiger partial charge in [0.1, 0.15) is 0 Å². The summed E-state index contributed by atoms with van der Waals surface area (Å²) in [6, 6.07) is 0.751. The summed E-state index contributed by atoms with van der Waals surface area (Å²) < 4.78 is 10.4. The fourth-order valence-electron chi connectivity index (χ4n) is 3.89. The molecule has 7 heteroatoms. The van der Waals surface area contributed by atoms with Crippen LogP contribution in [0, 0.1) is 0 Å². The minimum atomic E-state index is 0.194. The maximum Gasteiger partial charge on any atom is 0.240 e. The lowest BCUT2D eigenvalue weighted by Crippen LogP contribution is -2.47. The van der Waals surface area contributed by atoms with Crippen LogP contribution in [0.2, 0.25) is 0 Å². The summed E-state index contributed by atoms with van der Waals surface area (Å²) in [6.07, 6.45) is 5.18. The first-order chi connectivity index (χ1) is 11.2. The van der Waals surface area contributed by atoms with Crippen LogP contribution in [0.1, 0.15) is 44.3 Å². The molecule has 0 radical (unpaired) electrons. The van der Waals surface area contributed by atoms with Gasteiger partial charge in [0.05, 0.1) is 13.2 Å². The van der Waals surface area contributed by atoms with E-state index in [9.17, 15) is 4.79 Å². The van der Waals surface area contributed by atoms with E-state index in [0.29, 0.717) is 43.4 Å². The number of carbonyl (C=O) groups excluding carboxylic acids is 1. The molecule has 128 valence electrons. The molecule has 2 atom stereocenters. The van der Waals surface area contributed by atoms with Crippen LogP contribution in [0.3, 0.4) is 0 Å². The van der Waals surface area contributed by atoms with Gasteiger partial charge in [-0.15, -0.1) is 0 Å². The average Bonchev–Trinajstić information content (AvgIpc) is 3.25. The summed E-state index contributed by atoms with van der Waals surface area (Å²) in [7, 11) is 1.66. The molecule has 0 spiro atoms. The van der Waals surface area contributed by atoms with E-state index >= 15 is 0 Å². The van der Waals surface area contributed by atoms with Crippen LogP contribution in [0.15, 0.2) is 4.52 Å². The Morgan fingerprint density at radius 2 is 2.09 bits per heavy atom. The second-order valence-corrected chi connectivity index (χ2v) is 6.45. The highest BCUT2D eigenvalue weighted by atomic mass is 16.5. The molecule has 2 fully saturated rings. The van der Waals surface area contributed by atoms with Crippen molar-refractivity contribution in [2.45, 2.75) is 57.7 Å². The van der Waals surface area contributed by atoms with Crippen molar-refractivity contribution in [3.63, 3.8) is 0 Å². The van der Waals surface area contributed by atoms with Crippen molar-refractivity contribution in [2.24, 2.45) is 0 Å². The van der Waals surface area contributed by atoms with E-state index in [2.05, 4.69) is 15.0 Å². The van der Waals surface area contributed by atoms with Crippen molar-refractivity contribution in [3.05, 3.63) is 11.7 Å². The lowest BCUT2D eigenvalue weighted by atomic mass is 10.0. The molecule has 2 aliphatic rings. The number of hydrogen-bond donors (Lipinski definition) is 0. The van der Waals surface area contributed by atoms with Gasteiger partial charge in [0.15, 0.2) is 5.82 Å². The largest absolute Gasteiger partial charge is 0.384 e. The zero-order valence-corrected chi connectivity index (χ0v) is 14.0. The zero-order chi connectivity index (χ0) is 16.2. The van der Waals surface area contributed by atoms with Gasteiger partial charge >= 0.3 is 0 Å².